The zero-order valence-electron chi connectivity index (χ0n) is 11.1. The van der Waals surface area contributed by atoms with E-state index >= 15 is 0 Å². The highest BCUT2D eigenvalue weighted by molar-refractivity contribution is 9.11. The van der Waals surface area contributed by atoms with Gasteiger partial charge in [0.2, 0.25) is 10.0 Å². The van der Waals surface area contributed by atoms with Gasteiger partial charge in [0, 0.05) is 17.1 Å². The van der Waals surface area contributed by atoms with Crippen molar-refractivity contribution in [2.45, 2.75) is 13.5 Å². The molecule has 0 fully saturated rings. The molecule has 20 heavy (non-hydrogen) atoms. The summed E-state index contributed by atoms with van der Waals surface area (Å²) in [5, 5.41) is 3.32. The summed E-state index contributed by atoms with van der Waals surface area (Å²) in [4.78, 5) is 1.23. The SMILES string of the molecule is Cc1cc(NCc2ccc(Br)s2)ccc1NS(C)(=O)=O. The first-order valence-corrected chi connectivity index (χ1v) is 9.40. The first kappa shape index (κ1) is 15.3. The van der Waals surface area contributed by atoms with Crippen LogP contribution in [0.15, 0.2) is 34.1 Å². The fraction of sp³-hybridized carbons (Fsp3) is 0.231. The number of hydrogen-bond donors (Lipinski definition) is 2. The number of thiophene rings is 1. The van der Waals surface area contributed by atoms with Gasteiger partial charge in [0.25, 0.3) is 0 Å². The van der Waals surface area contributed by atoms with Crippen molar-refractivity contribution in [2.24, 2.45) is 0 Å². The minimum atomic E-state index is -3.24. The van der Waals surface area contributed by atoms with Crippen LogP contribution in [0.1, 0.15) is 10.4 Å². The standard InChI is InChI=1S/C13H15BrN2O2S2/c1-9-7-10(3-5-12(9)16-20(2,17)18)15-8-11-4-6-13(14)19-11/h3-7,15-16H,8H2,1-2H3. The summed E-state index contributed by atoms with van der Waals surface area (Å²) in [5.41, 5.74) is 2.45. The normalized spacial score (nSPS) is 11.3. The molecule has 4 nitrogen and oxygen atoms in total. The molecular weight excluding hydrogens is 360 g/mol. The summed E-state index contributed by atoms with van der Waals surface area (Å²) in [6.07, 6.45) is 1.15. The summed E-state index contributed by atoms with van der Waals surface area (Å²) in [7, 11) is -3.24. The second kappa shape index (κ2) is 6.15. The highest BCUT2D eigenvalue weighted by Gasteiger charge is 2.05. The number of sulfonamides is 1. The Labute approximate surface area is 131 Å². The Morgan fingerprint density at radius 3 is 2.55 bits per heavy atom. The molecule has 2 rings (SSSR count). The average molecular weight is 375 g/mol. The van der Waals surface area contributed by atoms with Gasteiger partial charge in [-0.2, -0.15) is 0 Å². The minimum absolute atomic E-state index is 0.608. The van der Waals surface area contributed by atoms with Crippen LogP contribution in [-0.4, -0.2) is 14.7 Å². The first-order valence-electron chi connectivity index (χ1n) is 5.90. The van der Waals surface area contributed by atoms with E-state index in [9.17, 15) is 8.42 Å². The second-order valence-electron chi connectivity index (χ2n) is 4.46. The Balaban J connectivity index is 2.05. The Morgan fingerprint density at radius 1 is 1.25 bits per heavy atom. The Kier molecular flexibility index (Phi) is 4.72. The Hall–Kier alpha value is -1.05. The minimum Gasteiger partial charge on any atom is -0.380 e. The molecule has 0 spiro atoms. The van der Waals surface area contributed by atoms with Crippen molar-refractivity contribution in [3.63, 3.8) is 0 Å². The van der Waals surface area contributed by atoms with E-state index in [1.165, 1.54) is 4.88 Å². The van der Waals surface area contributed by atoms with E-state index < -0.39 is 10.0 Å². The van der Waals surface area contributed by atoms with E-state index in [0.717, 1.165) is 27.8 Å². The monoisotopic (exact) mass is 374 g/mol. The van der Waals surface area contributed by atoms with Crippen molar-refractivity contribution >= 4 is 48.7 Å². The van der Waals surface area contributed by atoms with E-state index in [-0.39, 0.29) is 0 Å². The maximum atomic E-state index is 11.2. The fourth-order valence-corrected chi connectivity index (χ4v) is 3.78. The number of aryl methyl sites for hydroxylation is 1. The Morgan fingerprint density at radius 2 is 2.00 bits per heavy atom. The van der Waals surface area contributed by atoms with Gasteiger partial charge in [0.05, 0.1) is 15.7 Å². The molecule has 7 heteroatoms. The van der Waals surface area contributed by atoms with Gasteiger partial charge < -0.3 is 5.32 Å². The predicted octanol–water partition coefficient (Wildman–Crippen LogP) is 3.80. The lowest BCUT2D eigenvalue weighted by Crippen LogP contribution is -2.10. The van der Waals surface area contributed by atoms with Gasteiger partial charge >= 0.3 is 0 Å². The van der Waals surface area contributed by atoms with Gasteiger partial charge in [-0.25, -0.2) is 8.42 Å². The number of benzene rings is 1. The van der Waals surface area contributed by atoms with Crippen LogP contribution in [0.5, 0.6) is 0 Å². The second-order valence-corrected chi connectivity index (χ2v) is 8.76. The molecule has 0 amide bonds. The fourth-order valence-electron chi connectivity index (χ4n) is 1.72. The summed E-state index contributed by atoms with van der Waals surface area (Å²) in [5.74, 6) is 0. The van der Waals surface area contributed by atoms with Crippen LogP contribution >= 0.6 is 27.3 Å². The number of hydrogen-bond acceptors (Lipinski definition) is 4. The molecule has 0 aliphatic rings. The largest absolute Gasteiger partial charge is 0.380 e. The third kappa shape index (κ3) is 4.50. The molecule has 0 unspecified atom stereocenters. The maximum Gasteiger partial charge on any atom is 0.229 e. The molecule has 0 aliphatic carbocycles. The van der Waals surface area contributed by atoms with Crippen LogP contribution in [0.3, 0.4) is 0 Å². The molecular formula is C13H15BrN2O2S2. The van der Waals surface area contributed by atoms with Crippen LogP contribution in [0.2, 0.25) is 0 Å². The lowest BCUT2D eigenvalue weighted by Gasteiger charge is -2.11. The zero-order chi connectivity index (χ0) is 14.8. The van der Waals surface area contributed by atoms with Crippen molar-refractivity contribution < 1.29 is 8.42 Å². The molecule has 0 saturated carbocycles. The number of halogens is 1. The van der Waals surface area contributed by atoms with Crippen LogP contribution < -0.4 is 10.0 Å². The lowest BCUT2D eigenvalue weighted by molar-refractivity contribution is 0.607. The third-order valence-electron chi connectivity index (χ3n) is 2.62. The van der Waals surface area contributed by atoms with Gasteiger partial charge in [-0.1, -0.05) is 0 Å². The third-order valence-corrected chi connectivity index (χ3v) is 4.83. The van der Waals surface area contributed by atoms with Gasteiger partial charge in [0.15, 0.2) is 0 Å². The zero-order valence-corrected chi connectivity index (χ0v) is 14.3. The molecule has 108 valence electrons. The molecule has 0 aliphatic heterocycles. The first-order chi connectivity index (χ1) is 9.33. The molecule has 2 aromatic rings. The quantitative estimate of drug-likeness (QED) is 0.836. The molecule has 0 saturated heterocycles. The highest BCUT2D eigenvalue weighted by atomic mass is 79.9. The van der Waals surface area contributed by atoms with Crippen molar-refractivity contribution in [3.05, 3.63) is 44.6 Å². The molecule has 1 aromatic carbocycles. The summed E-state index contributed by atoms with van der Waals surface area (Å²) < 4.78 is 26.0. The highest BCUT2D eigenvalue weighted by Crippen LogP contribution is 2.24. The van der Waals surface area contributed by atoms with Crippen LogP contribution in [0.25, 0.3) is 0 Å². The number of anilines is 2. The van der Waals surface area contributed by atoms with Gasteiger partial charge in [-0.15, -0.1) is 11.3 Å². The van der Waals surface area contributed by atoms with Crippen molar-refractivity contribution in [1.82, 2.24) is 0 Å². The summed E-state index contributed by atoms with van der Waals surface area (Å²) in [6.45, 7) is 2.62. The van der Waals surface area contributed by atoms with Crippen LogP contribution in [0.4, 0.5) is 11.4 Å². The maximum absolute atomic E-state index is 11.2. The Bertz CT molecular complexity index is 711. The van der Waals surface area contributed by atoms with Gasteiger partial charge in [-0.3, -0.25) is 4.72 Å². The average Bonchev–Trinajstić information content (AvgIpc) is 2.74. The topological polar surface area (TPSA) is 58.2 Å². The summed E-state index contributed by atoms with van der Waals surface area (Å²) in [6, 6.07) is 9.64. The van der Waals surface area contributed by atoms with Crippen LogP contribution in [0, 0.1) is 6.92 Å². The molecule has 1 aromatic heterocycles. The van der Waals surface area contributed by atoms with Crippen molar-refractivity contribution in [3.8, 4) is 0 Å². The van der Waals surface area contributed by atoms with E-state index in [1.807, 2.05) is 25.1 Å². The molecule has 0 radical (unpaired) electrons. The van der Waals surface area contributed by atoms with E-state index in [1.54, 1.807) is 17.4 Å². The van der Waals surface area contributed by atoms with E-state index in [0.29, 0.717) is 5.69 Å². The molecule has 0 atom stereocenters. The van der Waals surface area contributed by atoms with E-state index in [4.69, 9.17) is 0 Å². The van der Waals surface area contributed by atoms with Crippen molar-refractivity contribution in [2.75, 3.05) is 16.3 Å². The van der Waals surface area contributed by atoms with Gasteiger partial charge in [-0.05, 0) is 58.7 Å². The smallest absolute Gasteiger partial charge is 0.229 e. The number of nitrogens with one attached hydrogen (secondary N) is 2. The van der Waals surface area contributed by atoms with Crippen LogP contribution in [-0.2, 0) is 16.6 Å². The molecule has 2 N–H and O–H groups in total. The molecule has 0 bridgehead atoms. The number of rotatable bonds is 5. The lowest BCUT2D eigenvalue weighted by atomic mass is 10.2. The van der Waals surface area contributed by atoms with Crippen molar-refractivity contribution in [1.29, 1.82) is 0 Å². The van der Waals surface area contributed by atoms with E-state index in [2.05, 4.69) is 32.0 Å². The molecule has 1 heterocycles. The summed E-state index contributed by atoms with van der Waals surface area (Å²) >= 11 is 5.12. The van der Waals surface area contributed by atoms with Gasteiger partial charge in [0.1, 0.15) is 0 Å². The predicted molar refractivity (Wildman–Crippen MR) is 89.0 cm³/mol.